The molecule has 2 rings (SSSR count). The molecular weight excluding hydrogens is 495 g/mol. The summed E-state index contributed by atoms with van der Waals surface area (Å²) in [5, 5.41) is 16.0. The fourth-order valence-corrected chi connectivity index (χ4v) is 3.71. The summed E-state index contributed by atoms with van der Waals surface area (Å²) in [6, 6.07) is 7.71. The smallest absolute Gasteiger partial charge is 0.226 e. The maximum atomic E-state index is 14.4. The van der Waals surface area contributed by atoms with Gasteiger partial charge in [-0.05, 0) is 62.9 Å². The molecule has 0 saturated carbocycles. The average molecular weight is 531 g/mol. The lowest BCUT2D eigenvalue weighted by molar-refractivity contribution is -0.116. The van der Waals surface area contributed by atoms with E-state index in [1.165, 1.54) is 18.2 Å². The number of hydrogen-bond donors (Lipinski definition) is 5. The van der Waals surface area contributed by atoms with Gasteiger partial charge in [0, 0.05) is 61.6 Å². The topological polar surface area (TPSA) is 118 Å². The summed E-state index contributed by atoms with van der Waals surface area (Å²) in [7, 11) is 3.71. The molecule has 0 atom stereocenters. The van der Waals surface area contributed by atoms with E-state index in [9.17, 15) is 9.18 Å². The first-order valence-electron chi connectivity index (χ1n) is 12.1. The molecule has 9 nitrogen and oxygen atoms in total. The summed E-state index contributed by atoms with van der Waals surface area (Å²) in [5.74, 6) is 0.0500. The molecule has 0 aliphatic heterocycles. The molecule has 0 aliphatic rings. The lowest BCUT2D eigenvalue weighted by Crippen LogP contribution is -2.31. The van der Waals surface area contributed by atoms with Crippen LogP contribution in [0, 0.1) is 11.3 Å². The van der Waals surface area contributed by atoms with E-state index in [4.69, 9.17) is 17.1 Å². The molecule has 0 bridgehead atoms. The van der Waals surface area contributed by atoms with Crippen molar-refractivity contribution in [3.63, 3.8) is 0 Å². The summed E-state index contributed by atoms with van der Waals surface area (Å²) >= 11 is 6.04. The second-order valence-electron chi connectivity index (χ2n) is 8.48. The van der Waals surface area contributed by atoms with Crippen LogP contribution in [0.2, 0.25) is 5.02 Å². The molecule has 0 radical (unpaired) electrons. The molecule has 37 heavy (non-hydrogen) atoms. The highest BCUT2D eigenvalue weighted by molar-refractivity contribution is 6.30. The third-order valence-electron chi connectivity index (χ3n) is 5.43. The van der Waals surface area contributed by atoms with E-state index in [-0.39, 0.29) is 11.7 Å². The number of hydrogen-bond acceptors (Lipinski definition) is 8. The Morgan fingerprint density at radius 3 is 2.70 bits per heavy atom. The van der Waals surface area contributed by atoms with Crippen LogP contribution in [0.3, 0.4) is 0 Å². The Labute approximate surface area is 223 Å². The predicted molar refractivity (Wildman–Crippen MR) is 148 cm³/mol. The highest BCUT2D eigenvalue weighted by Crippen LogP contribution is 2.25. The SMILES string of the molecule is CCCN(C)CCNCCC(=O)Nc1cc(NC(/C=C(\C)c2cc(Cl)ccc2F)=C(/N=N)NC)ccn1. The molecule has 1 aromatic heterocycles. The molecule has 0 fully saturated rings. The van der Waals surface area contributed by atoms with E-state index >= 15 is 0 Å². The van der Waals surface area contributed by atoms with Crippen LogP contribution in [0.1, 0.15) is 32.3 Å². The van der Waals surface area contributed by atoms with Gasteiger partial charge >= 0.3 is 0 Å². The first-order chi connectivity index (χ1) is 17.8. The molecule has 1 heterocycles. The zero-order chi connectivity index (χ0) is 27.2. The van der Waals surface area contributed by atoms with Crippen molar-refractivity contribution < 1.29 is 9.18 Å². The number of benzene rings is 1. The van der Waals surface area contributed by atoms with Crippen LogP contribution in [0.4, 0.5) is 15.9 Å². The summed E-state index contributed by atoms with van der Waals surface area (Å²) < 4.78 is 14.4. The monoisotopic (exact) mass is 530 g/mol. The Kier molecular flexibility index (Phi) is 12.7. The van der Waals surface area contributed by atoms with Crippen LogP contribution in [0.25, 0.3) is 5.57 Å². The normalized spacial score (nSPS) is 12.2. The van der Waals surface area contributed by atoms with Crippen LogP contribution in [0.15, 0.2) is 59.2 Å². The molecule has 0 saturated heterocycles. The minimum absolute atomic E-state index is 0.154. The third-order valence-corrected chi connectivity index (χ3v) is 5.66. The highest BCUT2D eigenvalue weighted by Gasteiger charge is 2.10. The van der Waals surface area contributed by atoms with Crippen LogP contribution >= 0.6 is 11.6 Å². The van der Waals surface area contributed by atoms with Crippen molar-refractivity contribution in [2.24, 2.45) is 5.11 Å². The van der Waals surface area contributed by atoms with Gasteiger partial charge in [0.15, 0.2) is 5.82 Å². The number of carbonyl (C=O) groups excluding carboxylic acids is 1. The second kappa shape index (κ2) is 15.7. The first-order valence-corrected chi connectivity index (χ1v) is 12.5. The third kappa shape index (κ3) is 10.3. The molecule has 0 aliphatic carbocycles. The maximum absolute atomic E-state index is 14.4. The summed E-state index contributed by atoms with van der Waals surface area (Å²) in [6.07, 6.45) is 4.65. The lowest BCUT2D eigenvalue weighted by atomic mass is 10.1. The number of nitrogens with zero attached hydrogens (tertiary/aromatic N) is 3. The van der Waals surface area contributed by atoms with Crippen LogP contribution in [-0.2, 0) is 4.79 Å². The maximum Gasteiger partial charge on any atom is 0.226 e. The fraction of sp³-hybridized carbons (Fsp3) is 0.385. The van der Waals surface area contributed by atoms with Crippen molar-refractivity contribution in [1.29, 1.82) is 5.53 Å². The fourth-order valence-electron chi connectivity index (χ4n) is 3.54. The Bertz CT molecular complexity index is 1120. The number of rotatable bonds is 15. The lowest BCUT2D eigenvalue weighted by Gasteiger charge is -2.15. The van der Waals surface area contributed by atoms with E-state index in [2.05, 4.69) is 50.2 Å². The highest BCUT2D eigenvalue weighted by atomic mass is 35.5. The number of allylic oxidation sites excluding steroid dienone is 2. The Morgan fingerprint density at radius 2 is 2.00 bits per heavy atom. The van der Waals surface area contributed by atoms with Crippen molar-refractivity contribution in [1.82, 2.24) is 20.5 Å². The molecule has 0 unspecified atom stereocenters. The standard InChI is InChI=1S/C26H36ClFN8O/c1-5-13-36(4)14-12-31-10-9-25(37)34-24-17-20(8-11-32-24)33-23(26(30-3)35-29)15-18(2)21-16-19(27)6-7-22(21)28/h6-8,11,15-17,29-31H,5,9-10,12-14H2,1-4H3,(H2,32,33,34,37)/b18-15+,26-23+,35-29?. The number of pyridine rings is 1. The van der Waals surface area contributed by atoms with Gasteiger partial charge in [-0.2, -0.15) is 0 Å². The molecule has 0 spiro atoms. The van der Waals surface area contributed by atoms with Crippen molar-refractivity contribution in [3.05, 3.63) is 70.5 Å². The molecular formula is C26H36ClFN8O. The number of halogens is 2. The van der Waals surface area contributed by atoms with Gasteiger partial charge in [-0.3, -0.25) is 4.79 Å². The van der Waals surface area contributed by atoms with Crippen LogP contribution in [-0.4, -0.2) is 56.1 Å². The van der Waals surface area contributed by atoms with E-state index in [0.717, 1.165) is 26.1 Å². The van der Waals surface area contributed by atoms with Crippen molar-refractivity contribution in [2.75, 3.05) is 50.9 Å². The predicted octanol–water partition coefficient (Wildman–Crippen LogP) is 5.07. The van der Waals surface area contributed by atoms with Gasteiger partial charge in [0.25, 0.3) is 0 Å². The van der Waals surface area contributed by atoms with Crippen LogP contribution < -0.4 is 21.3 Å². The van der Waals surface area contributed by atoms with Crippen molar-refractivity contribution in [2.45, 2.75) is 26.7 Å². The molecule has 200 valence electrons. The Morgan fingerprint density at radius 1 is 1.22 bits per heavy atom. The summed E-state index contributed by atoms with van der Waals surface area (Å²) in [6.45, 7) is 7.25. The number of amides is 1. The van der Waals surface area contributed by atoms with Crippen molar-refractivity contribution >= 4 is 34.6 Å². The average Bonchev–Trinajstić information content (AvgIpc) is 2.86. The quantitative estimate of drug-likeness (QED) is 0.125. The number of carbonyl (C=O) groups is 1. The minimum atomic E-state index is -0.414. The largest absolute Gasteiger partial charge is 0.370 e. The zero-order valence-electron chi connectivity index (χ0n) is 21.8. The first kappa shape index (κ1) is 29.9. The summed E-state index contributed by atoms with van der Waals surface area (Å²) in [4.78, 5) is 18.8. The van der Waals surface area contributed by atoms with Crippen molar-refractivity contribution in [3.8, 4) is 0 Å². The Balaban J connectivity index is 2.07. The minimum Gasteiger partial charge on any atom is -0.370 e. The molecule has 1 aromatic carbocycles. The van der Waals surface area contributed by atoms with Gasteiger partial charge in [0.1, 0.15) is 11.6 Å². The van der Waals surface area contributed by atoms with E-state index in [0.29, 0.717) is 46.3 Å². The summed E-state index contributed by atoms with van der Waals surface area (Å²) in [5.41, 5.74) is 9.46. The molecule has 5 N–H and O–H groups in total. The van der Waals surface area contributed by atoms with Gasteiger partial charge in [-0.25, -0.2) is 14.9 Å². The van der Waals surface area contributed by atoms with Gasteiger partial charge < -0.3 is 26.2 Å². The Hall–Kier alpha value is -3.34. The number of aromatic nitrogens is 1. The number of likely N-dealkylation sites (N-methyl/N-ethyl adjacent to an activating group) is 1. The van der Waals surface area contributed by atoms with E-state index in [1.54, 1.807) is 38.4 Å². The zero-order valence-corrected chi connectivity index (χ0v) is 22.5. The number of nitrogens with one attached hydrogen (secondary N) is 5. The molecule has 2 aromatic rings. The second-order valence-corrected chi connectivity index (χ2v) is 8.92. The van der Waals surface area contributed by atoms with Gasteiger partial charge in [0.05, 0.1) is 5.70 Å². The van der Waals surface area contributed by atoms with E-state index < -0.39 is 5.82 Å². The molecule has 1 amide bonds. The van der Waals surface area contributed by atoms with Gasteiger partial charge in [0.2, 0.25) is 5.91 Å². The van der Waals surface area contributed by atoms with Crippen LogP contribution in [0.5, 0.6) is 0 Å². The van der Waals surface area contributed by atoms with E-state index in [1.807, 2.05) is 0 Å². The number of anilines is 2. The van der Waals surface area contributed by atoms with Gasteiger partial charge in [-0.15, -0.1) is 5.11 Å². The molecule has 11 heteroatoms. The van der Waals surface area contributed by atoms with Gasteiger partial charge in [-0.1, -0.05) is 18.5 Å².